The van der Waals surface area contributed by atoms with Gasteiger partial charge in [0.1, 0.15) is 5.41 Å². The molecule has 3 nitrogen and oxygen atoms in total. The quantitative estimate of drug-likeness (QED) is 0.518. The monoisotopic (exact) mass is 444 g/mol. The van der Waals surface area contributed by atoms with Gasteiger partial charge in [0.25, 0.3) is 0 Å². The largest absolute Gasteiger partial charge is 0.358 e. The molecule has 0 aliphatic carbocycles. The fourth-order valence-corrected chi connectivity index (χ4v) is 4.78. The summed E-state index contributed by atoms with van der Waals surface area (Å²) < 4.78 is 0. The van der Waals surface area contributed by atoms with E-state index in [-0.39, 0.29) is 5.91 Å². The summed E-state index contributed by atoms with van der Waals surface area (Å²) in [4.78, 5) is 15.9. The maximum absolute atomic E-state index is 13.4. The highest BCUT2D eigenvalue weighted by Gasteiger charge is 2.41. The average molecular weight is 445 g/mol. The van der Waals surface area contributed by atoms with E-state index in [0.717, 1.165) is 42.2 Å². The molecule has 0 spiro atoms. The predicted octanol–water partition coefficient (Wildman–Crippen LogP) is 5.55. The number of hydrogen-bond acceptors (Lipinski definition) is 2. The molecule has 0 atom stereocenters. The first-order valence-corrected chi connectivity index (χ1v) is 11.5. The van der Waals surface area contributed by atoms with Gasteiger partial charge >= 0.3 is 0 Å². The van der Waals surface area contributed by atoms with Gasteiger partial charge in [0.15, 0.2) is 0 Å². The normalized spacial score (nSPS) is 14.6. The summed E-state index contributed by atoms with van der Waals surface area (Å²) in [5.41, 5.74) is 3.93. The molecule has 0 saturated heterocycles. The minimum atomic E-state index is -0.725. The summed E-state index contributed by atoms with van der Waals surface area (Å²) in [5.74, 6) is 0.0318. The van der Waals surface area contributed by atoms with Crippen molar-refractivity contribution in [3.8, 4) is 0 Å². The third kappa shape index (κ3) is 4.64. The molecule has 3 aromatic rings. The number of benzene rings is 3. The second-order valence-corrected chi connectivity index (χ2v) is 8.69. The van der Waals surface area contributed by atoms with Gasteiger partial charge in [-0.2, -0.15) is 0 Å². The van der Waals surface area contributed by atoms with Gasteiger partial charge in [0.2, 0.25) is 5.91 Å². The molecule has 1 amide bonds. The lowest BCUT2D eigenvalue weighted by atomic mass is 9.71. The van der Waals surface area contributed by atoms with E-state index in [9.17, 15) is 4.79 Å². The zero-order valence-corrected chi connectivity index (χ0v) is 19.2. The molecule has 0 unspecified atom stereocenters. The SMILES string of the molecule is CNC(=O)C(CCN1CC=C(c2ccc(Cl)cc2)CC1)(c1ccccc1)c1ccccc1. The Morgan fingerprint density at radius 2 is 1.53 bits per heavy atom. The van der Waals surface area contributed by atoms with Crippen LogP contribution in [0.25, 0.3) is 5.57 Å². The molecule has 164 valence electrons. The zero-order chi connectivity index (χ0) is 22.4. The molecule has 4 rings (SSSR count). The molecule has 1 aliphatic heterocycles. The van der Waals surface area contributed by atoms with Gasteiger partial charge in [-0.15, -0.1) is 0 Å². The van der Waals surface area contributed by atoms with E-state index in [0.29, 0.717) is 6.42 Å². The van der Waals surface area contributed by atoms with Crippen molar-refractivity contribution in [1.29, 1.82) is 0 Å². The minimum absolute atomic E-state index is 0.0318. The Labute approximate surface area is 195 Å². The van der Waals surface area contributed by atoms with Crippen molar-refractivity contribution in [2.24, 2.45) is 0 Å². The predicted molar refractivity (Wildman–Crippen MR) is 133 cm³/mol. The smallest absolute Gasteiger partial charge is 0.234 e. The third-order valence-electron chi connectivity index (χ3n) is 6.46. The van der Waals surface area contributed by atoms with Crippen LogP contribution in [0, 0.1) is 0 Å². The highest BCUT2D eigenvalue weighted by molar-refractivity contribution is 6.30. The molecule has 1 aliphatic rings. The lowest BCUT2D eigenvalue weighted by Crippen LogP contribution is -2.46. The summed E-state index contributed by atoms with van der Waals surface area (Å²) in [6, 6.07) is 28.4. The molecule has 1 heterocycles. The van der Waals surface area contributed by atoms with Crippen LogP contribution in [0.3, 0.4) is 0 Å². The summed E-state index contributed by atoms with van der Waals surface area (Å²) in [6.45, 7) is 2.69. The van der Waals surface area contributed by atoms with Crippen LogP contribution in [-0.2, 0) is 10.2 Å². The Morgan fingerprint density at radius 3 is 2.03 bits per heavy atom. The highest BCUT2D eigenvalue weighted by Crippen LogP contribution is 2.37. The van der Waals surface area contributed by atoms with Crippen LogP contribution < -0.4 is 5.32 Å². The van der Waals surface area contributed by atoms with Crippen LogP contribution in [0.4, 0.5) is 0 Å². The van der Waals surface area contributed by atoms with Crippen molar-refractivity contribution >= 4 is 23.1 Å². The Kier molecular flexibility index (Phi) is 7.09. The second kappa shape index (κ2) is 10.2. The van der Waals surface area contributed by atoms with Crippen LogP contribution in [-0.4, -0.2) is 37.5 Å². The lowest BCUT2D eigenvalue weighted by molar-refractivity contribution is -0.125. The molecule has 0 fully saturated rings. The summed E-state index contributed by atoms with van der Waals surface area (Å²) >= 11 is 6.04. The number of likely N-dealkylation sites (N-methyl/N-ethyl adjacent to an activating group) is 1. The molecule has 32 heavy (non-hydrogen) atoms. The number of amides is 1. The Bertz CT molecular complexity index is 1020. The van der Waals surface area contributed by atoms with Crippen molar-refractivity contribution in [3.63, 3.8) is 0 Å². The van der Waals surface area contributed by atoms with Gasteiger partial charge in [-0.05, 0) is 47.2 Å². The summed E-state index contributed by atoms with van der Waals surface area (Å²) in [7, 11) is 1.73. The fourth-order valence-electron chi connectivity index (χ4n) is 4.66. The van der Waals surface area contributed by atoms with E-state index in [2.05, 4.69) is 52.7 Å². The molecule has 4 heteroatoms. The van der Waals surface area contributed by atoms with E-state index < -0.39 is 5.41 Å². The maximum Gasteiger partial charge on any atom is 0.234 e. The number of carbonyl (C=O) groups excluding carboxylic acids is 1. The van der Waals surface area contributed by atoms with Gasteiger partial charge in [-0.3, -0.25) is 9.69 Å². The first-order valence-electron chi connectivity index (χ1n) is 11.1. The number of halogens is 1. The van der Waals surface area contributed by atoms with Crippen molar-refractivity contribution in [2.75, 3.05) is 26.7 Å². The molecule has 1 N–H and O–H groups in total. The average Bonchev–Trinajstić information content (AvgIpc) is 2.86. The molecule has 0 radical (unpaired) electrons. The molecule has 0 bridgehead atoms. The maximum atomic E-state index is 13.4. The van der Waals surface area contributed by atoms with E-state index in [1.807, 2.05) is 48.5 Å². The lowest BCUT2D eigenvalue weighted by Gasteiger charge is -2.36. The van der Waals surface area contributed by atoms with Gasteiger partial charge < -0.3 is 5.32 Å². The van der Waals surface area contributed by atoms with Crippen molar-refractivity contribution in [3.05, 3.63) is 113 Å². The van der Waals surface area contributed by atoms with E-state index in [1.165, 1.54) is 11.1 Å². The van der Waals surface area contributed by atoms with Crippen molar-refractivity contribution < 1.29 is 4.79 Å². The Morgan fingerprint density at radius 1 is 0.938 bits per heavy atom. The first-order chi connectivity index (χ1) is 15.6. The fraction of sp³-hybridized carbons (Fsp3) is 0.250. The molecular formula is C28H29ClN2O. The zero-order valence-electron chi connectivity index (χ0n) is 18.4. The third-order valence-corrected chi connectivity index (χ3v) is 6.71. The number of carbonyl (C=O) groups is 1. The molecular weight excluding hydrogens is 416 g/mol. The van der Waals surface area contributed by atoms with E-state index in [4.69, 9.17) is 11.6 Å². The second-order valence-electron chi connectivity index (χ2n) is 8.25. The van der Waals surface area contributed by atoms with Crippen LogP contribution in [0.2, 0.25) is 5.02 Å². The van der Waals surface area contributed by atoms with Gasteiger partial charge in [-0.25, -0.2) is 0 Å². The van der Waals surface area contributed by atoms with E-state index in [1.54, 1.807) is 7.05 Å². The number of nitrogens with one attached hydrogen (secondary N) is 1. The van der Waals surface area contributed by atoms with Crippen molar-refractivity contribution in [1.82, 2.24) is 10.2 Å². The Hall–Kier alpha value is -2.88. The van der Waals surface area contributed by atoms with Crippen LogP contribution in [0.1, 0.15) is 29.5 Å². The highest BCUT2D eigenvalue weighted by atomic mass is 35.5. The topological polar surface area (TPSA) is 32.3 Å². The molecule has 3 aromatic carbocycles. The van der Waals surface area contributed by atoms with Crippen LogP contribution >= 0.6 is 11.6 Å². The molecule has 0 aromatic heterocycles. The van der Waals surface area contributed by atoms with Crippen molar-refractivity contribution in [2.45, 2.75) is 18.3 Å². The van der Waals surface area contributed by atoms with Crippen LogP contribution in [0.5, 0.6) is 0 Å². The Balaban J connectivity index is 1.57. The van der Waals surface area contributed by atoms with Gasteiger partial charge in [-0.1, -0.05) is 90.5 Å². The summed E-state index contributed by atoms with van der Waals surface area (Å²) in [6.07, 6.45) is 4.01. The molecule has 0 saturated carbocycles. The van der Waals surface area contributed by atoms with Crippen LogP contribution in [0.15, 0.2) is 91.0 Å². The number of nitrogens with zero attached hydrogens (tertiary/aromatic N) is 1. The van der Waals surface area contributed by atoms with Gasteiger partial charge in [0.05, 0.1) is 0 Å². The number of rotatable bonds is 7. The van der Waals surface area contributed by atoms with Gasteiger partial charge in [0, 0.05) is 31.7 Å². The number of hydrogen-bond donors (Lipinski definition) is 1. The summed E-state index contributed by atoms with van der Waals surface area (Å²) in [5, 5.41) is 3.71. The van der Waals surface area contributed by atoms with E-state index >= 15 is 0 Å². The standard InChI is InChI=1S/C28H29ClN2O/c1-30-27(32)28(24-8-4-2-5-9-24,25-10-6-3-7-11-25)18-21-31-19-16-23(17-20-31)22-12-14-26(29)15-13-22/h2-16H,17-21H2,1H3,(H,30,32). The minimum Gasteiger partial charge on any atom is -0.358 e. The first kappa shape index (κ1) is 22.3.